The number of hydrogen-bond donors (Lipinski definition) is 0. The van der Waals surface area contributed by atoms with Crippen LogP contribution in [0.1, 0.15) is 33.1 Å². The van der Waals surface area contributed by atoms with Gasteiger partial charge in [0.25, 0.3) is 5.78 Å². The zero-order valence-corrected chi connectivity index (χ0v) is 7.29. The molecule has 0 rings (SSSR count). The molecule has 68 valence electrons. The van der Waals surface area contributed by atoms with Gasteiger partial charge in [0.05, 0.1) is 0 Å². The van der Waals surface area contributed by atoms with Crippen molar-refractivity contribution in [1.82, 2.24) is 0 Å². The Bertz CT molecular complexity index is 210. The Morgan fingerprint density at radius 1 is 1.50 bits per heavy atom. The van der Waals surface area contributed by atoms with E-state index in [0.717, 1.165) is 0 Å². The van der Waals surface area contributed by atoms with Gasteiger partial charge in [-0.1, -0.05) is 19.3 Å². The van der Waals surface area contributed by atoms with E-state index in [0.29, 0.717) is 12.8 Å². The summed E-state index contributed by atoms with van der Waals surface area (Å²) in [6.07, 6.45) is 0.615. The molecule has 0 aliphatic carbocycles. The lowest BCUT2D eigenvalue weighted by Gasteiger charge is -2.09. The highest BCUT2D eigenvalue weighted by molar-refractivity contribution is 6.00. The van der Waals surface area contributed by atoms with Crippen LogP contribution in [0, 0.1) is 11.8 Å². The average molecular weight is 174 g/mol. The Morgan fingerprint density at radius 3 is 2.50 bits per heavy atom. The highest BCUT2D eigenvalue weighted by Crippen LogP contribution is 2.21. The van der Waals surface area contributed by atoms with E-state index >= 15 is 0 Å². The molecule has 0 aromatic heterocycles. The molecule has 0 spiro atoms. The van der Waals surface area contributed by atoms with Gasteiger partial charge in [-0.15, -0.1) is 0 Å². The third-order valence-electron chi connectivity index (χ3n) is 1.42. The minimum absolute atomic E-state index is 0.351. The zero-order valence-electron chi connectivity index (χ0n) is 7.29. The van der Waals surface area contributed by atoms with E-state index in [1.165, 1.54) is 6.92 Å². The molecule has 1 nitrogen and oxygen atoms in total. The minimum Gasteiger partial charge on any atom is -0.278 e. The number of carbonyl (C=O) groups excluding carboxylic acids is 1. The highest BCUT2D eigenvalue weighted by atomic mass is 19.3. The second-order valence-corrected chi connectivity index (χ2v) is 2.51. The molecule has 0 N–H and O–H groups in total. The Balaban J connectivity index is 4.15. The van der Waals surface area contributed by atoms with Crippen molar-refractivity contribution in [2.45, 2.75) is 39.0 Å². The Labute approximate surface area is 71.2 Å². The van der Waals surface area contributed by atoms with Crippen LogP contribution in [-0.2, 0) is 4.79 Å². The summed E-state index contributed by atoms with van der Waals surface area (Å²) in [6.45, 7) is 3.17. The fourth-order valence-corrected chi connectivity index (χ4v) is 0.717. The van der Waals surface area contributed by atoms with Gasteiger partial charge in [0, 0.05) is 6.42 Å². The molecule has 0 unspecified atom stereocenters. The maximum atomic E-state index is 12.7. The fourth-order valence-electron chi connectivity index (χ4n) is 0.717. The summed E-state index contributed by atoms with van der Waals surface area (Å²) in [5.41, 5.74) is 0. The predicted octanol–water partition coefficient (Wildman–Crippen LogP) is 2.40. The molecule has 0 aromatic rings. The van der Waals surface area contributed by atoms with Crippen molar-refractivity contribution in [2.75, 3.05) is 0 Å². The molecule has 0 amide bonds. The van der Waals surface area contributed by atoms with Crippen LogP contribution in [0.5, 0.6) is 0 Å². The van der Waals surface area contributed by atoms with Gasteiger partial charge >= 0.3 is 5.92 Å². The fraction of sp³-hybridized carbons (Fsp3) is 0.667. The van der Waals surface area contributed by atoms with Crippen molar-refractivity contribution in [3.05, 3.63) is 0 Å². The van der Waals surface area contributed by atoms with Crippen LogP contribution in [0.25, 0.3) is 0 Å². The van der Waals surface area contributed by atoms with Crippen molar-refractivity contribution in [2.24, 2.45) is 0 Å². The summed E-state index contributed by atoms with van der Waals surface area (Å²) in [5, 5.41) is 0. The van der Waals surface area contributed by atoms with Crippen molar-refractivity contribution >= 4 is 5.78 Å². The third kappa shape index (κ3) is 3.47. The Morgan fingerprint density at radius 2 is 2.08 bits per heavy atom. The van der Waals surface area contributed by atoms with E-state index < -0.39 is 18.1 Å². The summed E-state index contributed by atoms with van der Waals surface area (Å²) in [7, 11) is 0. The first-order valence-electron chi connectivity index (χ1n) is 3.89. The molecule has 0 saturated carbocycles. The lowest BCUT2D eigenvalue weighted by molar-refractivity contribution is -0.137. The SMILES string of the molecule is CC#CC(=O)C(F)(F)CCCC. The molecule has 0 atom stereocenters. The van der Waals surface area contributed by atoms with Gasteiger partial charge in [0.2, 0.25) is 0 Å². The van der Waals surface area contributed by atoms with E-state index in [-0.39, 0.29) is 0 Å². The number of halogens is 2. The molecule has 0 radical (unpaired) electrons. The van der Waals surface area contributed by atoms with Crippen molar-refractivity contribution < 1.29 is 13.6 Å². The number of alkyl halides is 2. The van der Waals surface area contributed by atoms with Gasteiger partial charge in [-0.2, -0.15) is 8.78 Å². The van der Waals surface area contributed by atoms with Crippen LogP contribution in [-0.4, -0.2) is 11.7 Å². The molecule has 12 heavy (non-hydrogen) atoms. The smallest absolute Gasteiger partial charge is 0.278 e. The zero-order chi connectivity index (χ0) is 9.61. The lowest BCUT2D eigenvalue weighted by atomic mass is 10.1. The van der Waals surface area contributed by atoms with Gasteiger partial charge in [0.1, 0.15) is 0 Å². The normalized spacial score (nSPS) is 10.3. The summed E-state index contributed by atoms with van der Waals surface area (Å²) in [6, 6.07) is 0. The van der Waals surface area contributed by atoms with E-state index in [1.807, 2.05) is 5.92 Å². The third-order valence-corrected chi connectivity index (χ3v) is 1.42. The molecular formula is C9H12F2O. The summed E-state index contributed by atoms with van der Waals surface area (Å²) >= 11 is 0. The van der Waals surface area contributed by atoms with Crippen LogP contribution >= 0.6 is 0 Å². The van der Waals surface area contributed by atoms with E-state index in [1.54, 1.807) is 6.92 Å². The number of carbonyl (C=O) groups is 1. The number of rotatable bonds is 4. The average Bonchev–Trinajstić information content (AvgIpc) is 2.01. The van der Waals surface area contributed by atoms with Crippen molar-refractivity contribution in [1.29, 1.82) is 0 Å². The maximum Gasteiger partial charge on any atom is 0.317 e. The monoisotopic (exact) mass is 174 g/mol. The van der Waals surface area contributed by atoms with Crippen LogP contribution < -0.4 is 0 Å². The Hall–Kier alpha value is -0.910. The van der Waals surface area contributed by atoms with Gasteiger partial charge in [-0.05, 0) is 19.3 Å². The quantitative estimate of drug-likeness (QED) is 0.472. The maximum absolute atomic E-state index is 12.7. The van der Waals surface area contributed by atoms with Gasteiger partial charge in [-0.25, -0.2) is 0 Å². The molecule has 0 bridgehead atoms. The number of hydrogen-bond acceptors (Lipinski definition) is 1. The van der Waals surface area contributed by atoms with Gasteiger partial charge in [0.15, 0.2) is 0 Å². The molecule has 3 heteroatoms. The molecule has 0 heterocycles. The van der Waals surface area contributed by atoms with Crippen LogP contribution in [0.15, 0.2) is 0 Å². The van der Waals surface area contributed by atoms with Gasteiger partial charge < -0.3 is 0 Å². The molecular weight excluding hydrogens is 162 g/mol. The first-order valence-corrected chi connectivity index (χ1v) is 3.89. The molecule has 0 aliphatic heterocycles. The van der Waals surface area contributed by atoms with E-state index in [2.05, 4.69) is 5.92 Å². The summed E-state index contributed by atoms with van der Waals surface area (Å²) in [5.74, 6) is -0.490. The standard InChI is InChI=1S/C9H12F2O/c1-3-5-7-9(10,11)8(12)6-4-2/h3,5,7H2,1-2H3. The molecule has 0 saturated heterocycles. The molecule has 0 fully saturated rings. The summed E-state index contributed by atoms with van der Waals surface area (Å²) < 4.78 is 25.5. The number of ketones is 1. The topological polar surface area (TPSA) is 17.1 Å². The molecule has 0 aliphatic rings. The Kier molecular flexibility index (Phi) is 4.50. The van der Waals surface area contributed by atoms with Crippen molar-refractivity contribution in [3.8, 4) is 11.8 Å². The van der Waals surface area contributed by atoms with Crippen LogP contribution in [0.2, 0.25) is 0 Å². The largest absolute Gasteiger partial charge is 0.317 e. The minimum atomic E-state index is -3.25. The number of Topliss-reactive ketones (excluding diaryl/α,β-unsaturated/α-hetero) is 1. The van der Waals surface area contributed by atoms with E-state index in [9.17, 15) is 13.6 Å². The predicted molar refractivity (Wildman–Crippen MR) is 42.9 cm³/mol. The van der Waals surface area contributed by atoms with Crippen LogP contribution in [0.4, 0.5) is 8.78 Å². The lowest BCUT2D eigenvalue weighted by Crippen LogP contribution is -2.26. The van der Waals surface area contributed by atoms with E-state index in [4.69, 9.17) is 0 Å². The first-order chi connectivity index (χ1) is 5.54. The molecule has 0 aromatic carbocycles. The van der Waals surface area contributed by atoms with Crippen LogP contribution in [0.3, 0.4) is 0 Å². The second kappa shape index (κ2) is 4.87. The van der Waals surface area contributed by atoms with Crippen molar-refractivity contribution in [3.63, 3.8) is 0 Å². The summed E-state index contributed by atoms with van der Waals surface area (Å²) in [4.78, 5) is 10.6. The second-order valence-electron chi connectivity index (χ2n) is 2.51. The van der Waals surface area contributed by atoms with Gasteiger partial charge in [-0.3, -0.25) is 4.79 Å². The first kappa shape index (κ1) is 11.1. The highest BCUT2D eigenvalue weighted by Gasteiger charge is 2.36. The number of unbranched alkanes of at least 4 members (excludes halogenated alkanes) is 1.